The Labute approximate surface area is 238 Å². The predicted octanol–water partition coefficient (Wildman–Crippen LogP) is 6.64. The van der Waals surface area contributed by atoms with Gasteiger partial charge in [-0.25, -0.2) is 9.18 Å². The van der Waals surface area contributed by atoms with E-state index in [0.29, 0.717) is 35.6 Å². The number of benzene rings is 2. The second-order valence-corrected chi connectivity index (χ2v) is 10.6. The van der Waals surface area contributed by atoms with E-state index in [2.05, 4.69) is 18.5 Å². The van der Waals surface area contributed by atoms with E-state index >= 15 is 0 Å². The molecule has 0 saturated heterocycles. The average molecular weight is 552 g/mol. The molecule has 0 aliphatic carbocycles. The molecule has 40 heavy (non-hydrogen) atoms. The summed E-state index contributed by atoms with van der Waals surface area (Å²) in [6.45, 7) is 8.87. The van der Waals surface area contributed by atoms with E-state index in [1.54, 1.807) is 42.5 Å². The minimum Gasteiger partial charge on any atom is -0.494 e. The molecule has 1 amide bonds. The number of halogens is 1. The van der Waals surface area contributed by atoms with Crippen LogP contribution in [0.1, 0.15) is 55.3 Å². The molecule has 0 spiro atoms. The Hall–Kier alpha value is -3.71. The van der Waals surface area contributed by atoms with Crippen LogP contribution in [0.3, 0.4) is 0 Å². The summed E-state index contributed by atoms with van der Waals surface area (Å²) in [5.74, 6) is -0.262. The largest absolute Gasteiger partial charge is 0.494 e. The number of hydrogen-bond donors (Lipinski definition) is 1. The molecule has 7 heteroatoms. The number of nitrogens with zero attached hydrogens (tertiary/aromatic N) is 1. The van der Waals surface area contributed by atoms with Crippen molar-refractivity contribution in [1.82, 2.24) is 5.32 Å². The fraction of sp³-hybridized carbons (Fsp3) is 0.394. The maximum Gasteiger partial charge on any atom is 0.346 e. The molecular formula is C33H44FN2O4+. The van der Waals surface area contributed by atoms with Gasteiger partial charge in [-0.1, -0.05) is 69.2 Å². The van der Waals surface area contributed by atoms with E-state index in [9.17, 15) is 14.0 Å². The monoisotopic (exact) mass is 551 g/mol. The minimum atomic E-state index is -0.735. The molecule has 216 valence electrons. The fourth-order valence-electron chi connectivity index (χ4n) is 4.16. The lowest BCUT2D eigenvalue weighted by atomic mass is 10.0. The molecule has 0 radical (unpaired) electrons. The number of unbranched alkanes of at least 4 members (excludes halogenated alkanes) is 5. The van der Waals surface area contributed by atoms with E-state index in [4.69, 9.17) is 9.47 Å². The maximum atomic E-state index is 13.7. The molecule has 2 rings (SSSR count). The molecular weight excluding hydrogens is 507 g/mol. The van der Waals surface area contributed by atoms with Crippen LogP contribution in [-0.2, 0) is 4.79 Å². The first-order chi connectivity index (χ1) is 19.2. The Balaban J connectivity index is 1.58. The van der Waals surface area contributed by atoms with Gasteiger partial charge < -0.3 is 19.3 Å². The summed E-state index contributed by atoms with van der Waals surface area (Å²) in [4.78, 5) is 25.0. The Kier molecular flexibility index (Phi) is 13.9. The number of allylic oxidation sites excluding steroid dienone is 3. The van der Waals surface area contributed by atoms with Gasteiger partial charge in [-0.2, -0.15) is 0 Å². The Bertz CT molecular complexity index is 1140. The molecule has 0 aliphatic heterocycles. The van der Waals surface area contributed by atoms with Crippen LogP contribution >= 0.6 is 0 Å². The molecule has 0 aromatic heterocycles. The van der Waals surface area contributed by atoms with E-state index in [-0.39, 0.29) is 17.5 Å². The van der Waals surface area contributed by atoms with Crippen LogP contribution in [0.5, 0.6) is 11.5 Å². The zero-order valence-corrected chi connectivity index (χ0v) is 24.2. The molecule has 1 atom stereocenters. The van der Waals surface area contributed by atoms with Crippen molar-refractivity contribution in [3.8, 4) is 11.5 Å². The first kappa shape index (κ1) is 32.5. The number of carbonyl (C=O) groups is 2. The lowest BCUT2D eigenvalue weighted by Crippen LogP contribution is -2.54. The average Bonchev–Trinajstić information content (AvgIpc) is 2.92. The van der Waals surface area contributed by atoms with Crippen molar-refractivity contribution in [3.63, 3.8) is 0 Å². The van der Waals surface area contributed by atoms with E-state index in [0.717, 1.165) is 44.1 Å². The Morgan fingerprint density at radius 1 is 0.925 bits per heavy atom. The van der Waals surface area contributed by atoms with Gasteiger partial charge in [-0.15, -0.1) is 0 Å². The second kappa shape index (κ2) is 17.1. The van der Waals surface area contributed by atoms with E-state index in [1.165, 1.54) is 18.2 Å². The Morgan fingerprint density at radius 2 is 1.55 bits per heavy atom. The van der Waals surface area contributed by atoms with Crippen molar-refractivity contribution >= 4 is 11.9 Å². The van der Waals surface area contributed by atoms with Gasteiger partial charge in [-0.05, 0) is 54.8 Å². The van der Waals surface area contributed by atoms with Gasteiger partial charge in [0.1, 0.15) is 17.3 Å². The summed E-state index contributed by atoms with van der Waals surface area (Å²) in [7, 11) is 6.10. The summed E-state index contributed by atoms with van der Waals surface area (Å²) in [6.07, 6.45) is 12.3. The number of ether oxygens (including phenoxy) is 2. The standard InChI is InChI=1S/C33H43FN2O4/c1-6-16-26(7-2)25-31(36(3,4)5)32(37)35-23-14-10-8-9-11-15-24-39-27-19-21-28(22-20-27)40-33(38)29-17-12-13-18-30(29)34/h6-7,12-13,16-22,31H,1-2,8-11,14-15,23-25H2,3-5H3/p+1/b26-16+. The normalized spacial score (nSPS) is 12.3. The first-order valence-electron chi connectivity index (χ1n) is 13.9. The minimum absolute atomic E-state index is 0.0674. The topological polar surface area (TPSA) is 64.6 Å². The highest BCUT2D eigenvalue weighted by atomic mass is 19.1. The first-order valence-corrected chi connectivity index (χ1v) is 13.9. The summed E-state index contributed by atoms with van der Waals surface area (Å²) in [5, 5.41) is 3.11. The number of nitrogens with one attached hydrogen (secondary N) is 1. The van der Waals surface area contributed by atoms with Crippen LogP contribution in [0.15, 0.2) is 85.5 Å². The smallest absolute Gasteiger partial charge is 0.346 e. The van der Waals surface area contributed by atoms with Crippen LogP contribution in [0.25, 0.3) is 0 Å². The molecule has 0 saturated carbocycles. The highest BCUT2D eigenvalue weighted by molar-refractivity contribution is 5.91. The van der Waals surface area contributed by atoms with Crippen molar-refractivity contribution in [1.29, 1.82) is 0 Å². The van der Waals surface area contributed by atoms with E-state index in [1.807, 2.05) is 27.2 Å². The summed E-state index contributed by atoms with van der Waals surface area (Å²) in [5.41, 5.74) is 0.905. The molecule has 2 aromatic rings. The zero-order valence-electron chi connectivity index (χ0n) is 24.2. The highest BCUT2D eigenvalue weighted by Crippen LogP contribution is 2.20. The zero-order chi connectivity index (χ0) is 29.4. The molecule has 2 aromatic carbocycles. The van der Waals surface area contributed by atoms with Gasteiger partial charge in [0, 0.05) is 13.0 Å². The Morgan fingerprint density at radius 3 is 2.17 bits per heavy atom. The fourth-order valence-corrected chi connectivity index (χ4v) is 4.16. The molecule has 0 bridgehead atoms. The summed E-state index contributed by atoms with van der Waals surface area (Å²) < 4.78 is 25.3. The lowest BCUT2D eigenvalue weighted by Gasteiger charge is -2.33. The second-order valence-electron chi connectivity index (χ2n) is 10.6. The summed E-state index contributed by atoms with van der Waals surface area (Å²) >= 11 is 0. The van der Waals surface area contributed by atoms with Crippen LogP contribution in [-0.4, -0.2) is 56.7 Å². The van der Waals surface area contributed by atoms with Crippen LogP contribution in [0.2, 0.25) is 0 Å². The molecule has 0 aliphatic rings. The van der Waals surface area contributed by atoms with Crippen LogP contribution in [0.4, 0.5) is 4.39 Å². The lowest BCUT2D eigenvalue weighted by molar-refractivity contribution is -0.886. The number of quaternary nitrogens is 1. The van der Waals surface area contributed by atoms with Gasteiger partial charge in [-0.3, -0.25) is 4.79 Å². The van der Waals surface area contributed by atoms with Crippen molar-refractivity contribution in [3.05, 3.63) is 96.9 Å². The maximum absolute atomic E-state index is 13.7. The third-order valence-corrected chi connectivity index (χ3v) is 6.53. The van der Waals surface area contributed by atoms with Crippen LogP contribution < -0.4 is 14.8 Å². The molecule has 0 fully saturated rings. The molecule has 1 N–H and O–H groups in total. The molecule has 0 heterocycles. The number of amides is 1. The predicted molar refractivity (Wildman–Crippen MR) is 159 cm³/mol. The molecule has 6 nitrogen and oxygen atoms in total. The van der Waals surface area contributed by atoms with Gasteiger partial charge >= 0.3 is 5.97 Å². The van der Waals surface area contributed by atoms with Crippen molar-refractivity contribution in [2.24, 2.45) is 0 Å². The van der Waals surface area contributed by atoms with Gasteiger partial charge in [0.05, 0.1) is 33.3 Å². The third kappa shape index (κ3) is 11.6. The number of hydrogen-bond acceptors (Lipinski definition) is 4. The van der Waals surface area contributed by atoms with Crippen molar-refractivity contribution < 1.29 is 27.9 Å². The highest BCUT2D eigenvalue weighted by Gasteiger charge is 2.31. The SMILES string of the molecule is C=C/C=C(\C=C)CC(C(=O)NCCCCCCCCOc1ccc(OC(=O)c2ccccc2F)cc1)[N+](C)(C)C. The van der Waals surface area contributed by atoms with E-state index < -0.39 is 11.8 Å². The number of rotatable bonds is 18. The van der Waals surface area contributed by atoms with Crippen LogP contribution in [0, 0.1) is 5.82 Å². The van der Waals surface area contributed by atoms with Gasteiger partial charge in [0.15, 0.2) is 6.04 Å². The number of likely N-dealkylation sites (N-methyl/N-ethyl adjacent to an activating group) is 1. The van der Waals surface area contributed by atoms with Gasteiger partial charge in [0.25, 0.3) is 5.91 Å². The third-order valence-electron chi connectivity index (χ3n) is 6.53. The van der Waals surface area contributed by atoms with Gasteiger partial charge in [0.2, 0.25) is 0 Å². The number of esters is 1. The van der Waals surface area contributed by atoms with Crippen molar-refractivity contribution in [2.75, 3.05) is 34.3 Å². The summed E-state index contributed by atoms with van der Waals surface area (Å²) in [6, 6.07) is 12.3. The quantitative estimate of drug-likeness (QED) is 0.0741. The van der Waals surface area contributed by atoms with Crippen molar-refractivity contribution in [2.45, 2.75) is 51.0 Å². The number of carbonyl (C=O) groups excluding carboxylic acids is 2. The molecule has 1 unspecified atom stereocenters.